The molecule has 0 radical (unpaired) electrons. The van der Waals surface area contributed by atoms with Gasteiger partial charge in [-0.15, -0.1) is 0 Å². The minimum atomic E-state index is -3.38. The van der Waals surface area contributed by atoms with Crippen molar-refractivity contribution >= 4 is 16.1 Å². The van der Waals surface area contributed by atoms with Gasteiger partial charge in [0.25, 0.3) is 10.2 Å². The Labute approximate surface area is 145 Å². The lowest BCUT2D eigenvalue weighted by Gasteiger charge is -2.32. The molecule has 1 aromatic carbocycles. The molecule has 1 aromatic rings. The van der Waals surface area contributed by atoms with E-state index in [9.17, 15) is 13.2 Å². The van der Waals surface area contributed by atoms with E-state index in [0.717, 1.165) is 5.56 Å². The smallest absolute Gasteiger partial charge is 0.281 e. The van der Waals surface area contributed by atoms with E-state index in [0.29, 0.717) is 25.9 Å². The van der Waals surface area contributed by atoms with Crippen LogP contribution in [0.3, 0.4) is 0 Å². The van der Waals surface area contributed by atoms with Gasteiger partial charge in [0.15, 0.2) is 0 Å². The summed E-state index contributed by atoms with van der Waals surface area (Å²) >= 11 is 0. The predicted octanol–water partition coefficient (Wildman–Crippen LogP) is 1.69. The van der Waals surface area contributed by atoms with Gasteiger partial charge in [-0.2, -0.15) is 17.0 Å². The topological polar surface area (TPSA) is 69.7 Å². The lowest BCUT2D eigenvalue weighted by Crippen LogP contribution is -2.47. The second-order valence-corrected chi connectivity index (χ2v) is 8.75. The molecule has 1 fully saturated rings. The fraction of sp³-hybridized carbons (Fsp3) is 0.588. The first kappa shape index (κ1) is 18.9. The minimum Gasteiger partial charge on any atom is -0.349 e. The molecule has 0 aromatic heterocycles. The standard InChI is InChI=1S/C17H27N3O3S/c1-13-5-7-15(8-6-13)14(2)18-17(21)16-9-11-20(12-10-16)24(22,23)19(3)4/h5-8,14,16H,9-12H2,1-4H3,(H,18,21)/t14-/m1/s1. The van der Waals surface area contributed by atoms with Crippen molar-refractivity contribution in [3.8, 4) is 0 Å². The number of aryl methyl sites for hydroxylation is 1. The largest absolute Gasteiger partial charge is 0.349 e. The number of nitrogens with one attached hydrogen (secondary N) is 1. The van der Waals surface area contributed by atoms with Gasteiger partial charge < -0.3 is 5.32 Å². The average molecular weight is 353 g/mol. The summed E-state index contributed by atoms with van der Waals surface area (Å²) in [6.07, 6.45) is 1.11. The maximum atomic E-state index is 12.4. The van der Waals surface area contributed by atoms with Gasteiger partial charge in [0, 0.05) is 33.1 Å². The van der Waals surface area contributed by atoms with Crippen LogP contribution in [0.25, 0.3) is 0 Å². The molecule has 0 saturated carbocycles. The van der Waals surface area contributed by atoms with Crippen LogP contribution in [0.4, 0.5) is 0 Å². The number of piperidine rings is 1. The fourth-order valence-electron chi connectivity index (χ4n) is 2.85. The Hall–Kier alpha value is -1.44. The number of amides is 1. The number of hydrogen-bond donors (Lipinski definition) is 1. The third-order valence-electron chi connectivity index (χ3n) is 4.55. The van der Waals surface area contributed by atoms with Crippen molar-refractivity contribution in [3.05, 3.63) is 35.4 Å². The van der Waals surface area contributed by atoms with Crippen molar-refractivity contribution in [2.24, 2.45) is 5.92 Å². The molecule has 0 aliphatic carbocycles. The summed E-state index contributed by atoms with van der Waals surface area (Å²) in [4.78, 5) is 12.4. The van der Waals surface area contributed by atoms with Crippen LogP contribution >= 0.6 is 0 Å². The predicted molar refractivity (Wildman–Crippen MR) is 94.6 cm³/mol. The first-order valence-electron chi connectivity index (χ1n) is 8.26. The molecule has 6 nitrogen and oxygen atoms in total. The highest BCUT2D eigenvalue weighted by Gasteiger charge is 2.32. The molecule has 1 N–H and O–H groups in total. The van der Waals surface area contributed by atoms with Gasteiger partial charge in [-0.05, 0) is 32.3 Å². The van der Waals surface area contributed by atoms with E-state index in [4.69, 9.17) is 0 Å². The van der Waals surface area contributed by atoms with Gasteiger partial charge in [0.05, 0.1) is 6.04 Å². The Morgan fingerprint density at radius 1 is 1.21 bits per heavy atom. The maximum absolute atomic E-state index is 12.4. The zero-order valence-electron chi connectivity index (χ0n) is 14.8. The van der Waals surface area contributed by atoms with Gasteiger partial charge in [0.2, 0.25) is 5.91 Å². The van der Waals surface area contributed by atoms with Crippen molar-refractivity contribution in [3.63, 3.8) is 0 Å². The zero-order valence-corrected chi connectivity index (χ0v) is 15.6. The van der Waals surface area contributed by atoms with Crippen molar-refractivity contribution in [1.82, 2.24) is 13.9 Å². The Morgan fingerprint density at radius 3 is 2.25 bits per heavy atom. The van der Waals surface area contributed by atoms with E-state index in [2.05, 4.69) is 5.32 Å². The molecule has 0 unspecified atom stereocenters. The number of nitrogens with zero attached hydrogens (tertiary/aromatic N) is 2. The average Bonchev–Trinajstić information content (AvgIpc) is 2.55. The van der Waals surface area contributed by atoms with E-state index >= 15 is 0 Å². The van der Waals surface area contributed by atoms with E-state index in [-0.39, 0.29) is 17.9 Å². The highest BCUT2D eigenvalue weighted by molar-refractivity contribution is 7.86. The number of rotatable bonds is 5. The number of hydrogen-bond acceptors (Lipinski definition) is 3. The molecule has 24 heavy (non-hydrogen) atoms. The van der Waals surface area contributed by atoms with E-state index < -0.39 is 10.2 Å². The molecule has 1 aliphatic rings. The second kappa shape index (κ2) is 7.63. The summed E-state index contributed by atoms with van der Waals surface area (Å²) in [6, 6.07) is 8.05. The van der Waals surface area contributed by atoms with Gasteiger partial charge >= 0.3 is 0 Å². The van der Waals surface area contributed by atoms with Crippen LogP contribution in [-0.4, -0.2) is 50.1 Å². The Morgan fingerprint density at radius 2 is 1.75 bits per heavy atom. The molecule has 0 spiro atoms. The van der Waals surface area contributed by atoms with Crippen LogP contribution in [0.2, 0.25) is 0 Å². The Balaban J connectivity index is 1.90. The minimum absolute atomic E-state index is 0.00461. The second-order valence-electron chi connectivity index (χ2n) is 6.60. The molecule has 2 rings (SSSR count). The molecular weight excluding hydrogens is 326 g/mol. The highest BCUT2D eigenvalue weighted by atomic mass is 32.2. The van der Waals surface area contributed by atoms with Gasteiger partial charge in [0.1, 0.15) is 0 Å². The molecule has 0 bridgehead atoms. The highest BCUT2D eigenvalue weighted by Crippen LogP contribution is 2.22. The van der Waals surface area contributed by atoms with E-state index in [1.807, 2.05) is 38.1 Å². The molecule has 1 saturated heterocycles. The number of carbonyl (C=O) groups excluding carboxylic acids is 1. The summed E-state index contributed by atoms with van der Waals surface area (Å²) in [6.45, 7) is 4.77. The lowest BCUT2D eigenvalue weighted by molar-refractivity contribution is -0.126. The molecule has 1 amide bonds. The molecule has 134 valence electrons. The maximum Gasteiger partial charge on any atom is 0.281 e. The SMILES string of the molecule is Cc1ccc([C@@H](C)NC(=O)C2CCN(S(=O)(=O)N(C)C)CC2)cc1. The van der Waals surface area contributed by atoms with Gasteiger partial charge in [-0.25, -0.2) is 0 Å². The molecule has 1 atom stereocenters. The Bertz CT molecular complexity index is 663. The first-order chi connectivity index (χ1) is 11.2. The molecular formula is C17H27N3O3S. The van der Waals surface area contributed by atoms with E-state index in [1.165, 1.54) is 28.3 Å². The fourth-order valence-corrected chi connectivity index (χ4v) is 3.98. The summed E-state index contributed by atoms with van der Waals surface area (Å²) in [7, 11) is -0.334. The van der Waals surface area contributed by atoms with Gasteiger partial charge in [-0.1, -0.05) is 29.8 Å². The number of carbonyl (C=O) groups is 1. The zero-order chi connectivity index (χ0) is 17.9. The van der Waals surface area contributed by atoms with Crippen molar-refractivity contribution in [2.75, 3.05) is 27.2 Å². The van der Waals surface area contributed by atoms with Crippen LogP contribution in [0.1, 0.15) is 36.9 Å². The lowest BCUT2D eigenvalue weighted by atomic mass is 9.96. The van der Waals surface area contributed by atoms with Crippen LogP contribution in [0.5, 0.6) is 0 Å². The van der Waals surface area contributed by atoms with Crippen molar-refractivity contribution < 1.29 is 13.2 Å². The van der Waals surface area contributed by atoms with Crippen LogP contribution in [0, 0.1) is 12.8 Å². The normalized spacial score (nSPS) is 18.5. The van der Waals surface area contributed by atoms with Crippen molar-refractivity contribution in [1.29, 1.82) is 0 Å². The van der Waals surface area contributed by atoms with E-state index in [1.54, 1.807) is 0 Å². The third kappa shape index (κ3) is 4.34. The summed E-state index contributed by atoms with van der Waals surface area (Å²) in [5, 5.41) is 3.04. The third-order valence-corrected chi connectivity index (χ3v) is 6.49. The number of benzene rings is 1. The quantitative estimate of drug-likeness (QED) is 0.876. The summed E-state index contributed by atoms with van der Waals surface area (Å²) in [5.41, 5.74) is 2.26. The van der Waals surface area contributed by atoms with Crippen LogP contribution in [-0.2, 0) is 15.0 Å². The molecule has 1 heterocycles. The van der Waals surface area contributed by atoms with Crippen LogP contribution < -0.4 is 5.32 Å². The summed E-state index contributed by atoms with van der Waals surface area (Å²) < 4.78 is 26.9. The molecule has 7 heteroatoms. The van der Waals surface area contributed by atoms with Crippen molar-refractivity contribution in [2.45, 2.75) is 32.7 Å². The summed E-state index contributed by atoms with van der Waals surface area (Å²) in [5.74, 6) is -0.128. The Kier molecular flexibility index (Phi) is 6.01. The monoisotopic (exact) mass is 353 g/mol. The molecule has 1 aliphatic heterocycles. The first-order valence-corrected chi connectivity index (χ1v) is 9.66. The van der Waals surface area contributed by atoms with Crippen LogP contribution in [0.15, 0.2) is 24.3 Å². The van der Waals surface area contributed by atoms with Gasteiger partial charge in [-0.3, -0.25) is 4.79 Å².